The van der Waals surface area contributed by atoms with Crippen molar-refractivity contribution < 1.29 is 77.2 Å². The monoisotopic (exact) mass is 818 g/mol. The molecule has 12 atom stereocenters. The Morgan fingerprint density at radius 2 is 1.55 bits per heavy atom. The summed E-state index contributed by atoms with van der Waals surface area (Å²) in [7, 11) is 0. The number of hydrogen-bond donors (Lipinski definition) is 3. The van der Waals surface area contributed by atoms with Crippen molar-refractivity contribution in [3.05, 3.63) is 53.6 Å². The zero-order chi connectivity index (χ0) is 42.4. The fourth-order valence-electron chi connectivity index (χ4n) is 6.89. The third-order valence-corrected chi connectivity index (χ3v) is 10.2. The predicted octanol–water partition coefficient (Wildman–Crippen LogP) is 3.40. The number of carbonyl (C=O) groups is 5. The molecule has 0 unspecified atom stereocenters. The topological polar surface area (TPSA) is 220 Å². The molecule has 0 amide bonds. The van der Waals surface area contributed by atoms with Gasteiger partial charge in [-0.1, -0.05) is 69.0 Å². The second-order valence-corrected chi connectivity index (χ2v) is 14.7. The van der Waals surface area contributed by atoms with E-state index in [1.807, 2.05) is 6.92 Å². The smallest absolute Gasteiger partial charge is 0.333 e. The van der Waals surface area contributed by atoms with Gasteiger partial charge >= 0.3 is 23.9 Å². The number of hydrogen-bond acceptors (Lipinski definition) is 16. The van der Waals surface area contributed by atoms with Gasteiger partial charge in [0.1, 0.15) is 37.1 Å². The number of cyclic esters (lactones) is 1. The van der Waals surface area contributed by atoms with Gasteiger partial charge in [0.05, 0.1) is 18.6 Å². The van der Waals surface area contributed by atoms with E-state index in [0.717, 1.165) is 12.5 Å². The molecule has 0 aliphatic carbocycles. The quantitative estimate of drug-likeness (QED) is 0.194. The van der Waals surface area contributed by atoms with Crippen LogP contribution in [0.25, 0.3) is 6.08 Å². The molecule has 16 nitrogen and oxygen atoms in total. The lowest BCUT2D eigenvalue weighted by atomic mass is 9.96. The number of esters is 4. The maximum Gasteiger partial charge on any atom is 0.333 e. The van der Waals surface area contributed by atoms with Crippen molar-refractivity contribution in [2.45, 2.75) is 166 Å². The molecule has 1 aromatic rings. The summed E-state index contributed by atoms with van der Waals surface area (Å²) >= 11 is 0. The van der Waals surface area contributed by atoms with Crippen LogP contribution in [-0.4, -0.2) is 125 Å². The lowest BCUT2D eigenvalue weighted by molar-refractivity contribution is -0.369. The second kappa shape index (κ2) is 22.9. The predicted molar refractivity (Wildman–Crippen MR) is 204 cm³/mol. The molecule has 0 radical (unpaired) electrons. The Kier molecular flexibility index (Phi) is 18.5. The summed E-state index contributed by atoms with van der Waals surface area (Å²) in [6, 6.07) is 8.84. The Morgan fingerprint density at radius 3 is 2.24 bits per heavy atom. The van der Waals surface area contributed by atoms with Crippen LogP contribution < -0.4 is 0 Å². The van der Waals surface area contributed by atoms with Gasteiger partial charge in [-0.15, -0.1) is 0 Å². The number of fused-ring (bicyclic) bond motifs is 3. The van der Waals surface area contributed by atoms with E-state index < -0.39 is 110 Å². The molecule has 16 heteroatoms. The van der Waals surface area contributed by atoms with Gasteiger partial charge in [-0.2, -0.15) is 0 Å². The summed E-state index contributed by atoms with van der Waals surface area (Å²) in [5, 5.41) is 34.1. The van der Waals surface area contributed by atoms with E-state index in [-0.39, 0.29) is 24.8 Å². The normalized spacial score (nSPS) is 33.6. The first kappa shape index (κ1) is 46.7. The summed E-state index contributed by atoms with van der Waals surface area (Å²) in [6.07, 6.45) is -9.26. The number of carbonyl (C=O) groups excluding carboxylic acids is 5. The molecule has 3 heterocycles. The van der Waals surface area contributed by atoms with E-state index in [9.17, 15) is 39.3 Å². The van der Waals surface area contributed by atoms with Gasteiger partial charge in [0.2, 0.25) is 0 Å². The summed E-state index contributed by atoms with van der Waals surface area (Å²) < 4.78 is 47.5. The van der Waals surface area contributed by atoms with E-state index in [1.165, 1.54) is 26.0 Å². The number of allylic oxidation sites excluding steroid dienone is 1. The number of ketones is 1. The number of rotatable bonds is 8. The minimum Gasteiger partial charge on any atom is -0.463 e. The lowest BCUT2D eigenvalue weighted by Gasteiger charge is -2.47. The maximum absolute atomic E-state index is 13.3. The molecule has 3 aliphatic rings. The van der Waals surface area contributed by atoms with Gasteiger partial charge in [0.15, 0.2) is 36.7 Å². The molecule has 3 N–H and O–H groups in total. The van der Waals surface area contributed by atoms with Crippen LogP contribution in [0.4, 0.5) is 0 Å². The van der Waals surface area contributed by atoms with Gasteiger partial charge in [0.25, 0.3) is 0 Å². The molecule has 3 aliphatic heterocycles. The Labute approximate surface area is 338 Å². The molecule has 58 heavy (non-hydrogen) atoms. The number of ether oxygens (including phenoxy) is 8. The zero-order valence-corrected chi connectivity index (χ0v) is 33.8. The van der Waals surface area contributed by atoms with Crippen LogP contribution in [-0.2, 0) is 61.9 Å². The third-order valence-electron chi connectivity index (χ3n) is 10.2. The zero-order valence-electron chi connectivity index (χ0n) is 33.8. The average molecular weight is 819 g/mol. The van der Waals surface area contributed by atoms with E-state index >= 15 is 0 Å². The van der Waals surface area contributed by atoms with Gasteiger partial charge in [-0.05, 0) is 51.7 Å². The largest absolute Gasteiger partial charge is 0.463 e. The van der Waals surface area contributed by atoms with Gasteiger partial charge < -0.3 is 53.2 Å². The number of aliphatic hydroxyl groups is 3. The van der Waals surface area contributed by atoms with Crippen molar-refractivity contribution in [3.63, 3.8) is 0 Å². The lowest BCUT2D eigenvalue weighted by Crippen LogP contribution is -2.65. The Morgan fingerprint density at radius 1 is 0.828 bits per heavy atom. The molecule has 4 rings (SSSR count). The Hall–Kier alpha value is -4.03. The fourth-order valence-corrected chi connectivity index (χ4v) is 6.89. The van der Waals surface area contributed by atoms with Gasteiger partial charge in [-0.3, -0.25) is 14.4 Å². The highest BCUT2D eigenvalue weighted by Crippen LogP contribution is 2.34. The Balaban J connectivity index is 1.75. The molecule has 2 bridgehead atoms. The number of benzene rings is 1. The van der Waals surface area contributed by atoms with E-state index in [2.05, 4.69) is 0 Å². The highest BCUT2D eigenvalue weighted by atomic mass is 16.8. The molecular weight excluding hydrogens is 760 g/mol. The van der Waals surface area contributed by atoms with Crippen molar-refractivity contribution in [3.8, 4) is 0 Å². The minimum absolute atomic E-state index is 0.151. The highest BCUT2D eigenvalue weighted by molar-refractivity contribution is 5.88. The van der Waals surface area contributed by atoms with Crippen LogP contribution in [0.3, 0.4) is 0 Å². The van der Waals surface area contributed by atoms with E-state index in [4.69, 9.17) is 37.9 Å². The first-order chi connectivity index (χ1) is 27.7. The minimum atomic E-state index is -1.90. The Bertz CT molecular complexity index is 1580. The molecule has 322 valence electrons. The first-order valence-corrected chi connectivity index (χ1v) is 20.0. The molecule has 3 fully saturated rings. The van der Waals surface area contributed by atoms with Crippen LogP contribution in [0.1, 0.15) is 98.0 Å². The van der Waals surface area contributed by atoms with Gasteiger partial charge in [0, 0.05) is 25.0 Å². The number of Topliss-reactive ketones (excluding diaryl/α,β-unsaturated/α-hetero) is 1. The van der Waals surface area contributed by atoms with Crippen LogP contribution in [0.15, 0.2) is 48.1 Å². The molecular formula is C42H58O16. The van der Waals surface area contributed by atoms with Gasteiger partial charge in [-0.25, -0.2) is 9.59 Å². The van der Waals surface area contributed by atoms with Crippen LogP contribution in [0.2, 0.25) is 0 Å². The van der Waals surface area contributed by atoms with Crippen molar-refractivity contribution in [2.24, 2.45) is 0 Å². The fraction of sp³-hybridized carbons (Fsp3) is 0.643. The molecule has 0 spiro atoms. The summed E-state index contributed by atoms with van der Waals surface area (Å²) in [6.45, 7) is 7.17. The first-order valence-electron chi connectivity index (χ1n) is 20.0. The summed E-state index contributed by atoms with van der Waals surface area (Å²) in [5.41, 5.74) is 0.821. The summed E-state index contributed by atoms with van der Waals surface area (Å²) in [5.74, 6) is -3.87. The standard InChI is InChI=1S/C42H58O16/c1-6-14-28-17-12-9-13-18-29(44)30(45)20-22-32(46)51-23-31-37(56-33(47)21-19-27-15-10-8-11-16-27)38(57-40(50)24(3)7-2)35(49)41(55-31)58-39-34(48)36(53-26(5)43)25(4)52-42(39)54-28/h7-8,10-11,15-16,19,21,25,28-29,31,34-39,41-42,44,48-49H,6,9,12-14,17-18,20,22-23H2,1-5H3/b21-19+,24-7+/t25-,28+,29+,31-,34+,35-,36+,37-,38-,39-,41+,42+/m1/s1. The molecule has 0 aromatic heterocycles. The van der Waals surface area contributed by atoms with Crippen LogP contribution in [0, 0.1) is 0 Å². The molecule has 0 saturated carbocycles. The van der Waals surface area contributed by atoms with Crippen molar-refractivity contribution in [1.82, 2.24) is 0 Å². The maximum atomic E-state index is 13.3. The van der Waals surface area contributed by atoms with E-state index in [1.54, 1.807) is 44.2 Å². The molecule has 3 saturated heterocycles. The highest BCUT2D eigenvalue weighted by Gasteiger charge is 2.55. The SMILES string of the molecule is C/C=C(\C)C(=O)O[C@@H]1[C@@H](O)[C@@H]2O[C@H]3[C@H](O[C@@H](CCC)CCCCC[C@H](O)C(=O)CCC(=O)OC[C@@H](O2)[C@H]1OC(=O)/C=C/c1ccccc1)O[C@H](C)[C@H](OC(C)=O)[C@@H]3O. The molecule has 1 aromatic carbocycles. The van der Waals surface area contributed by atoms with Crippen molar-refractivity contribution >= 4 is 35.7 Å². The van der Waals surface area contributed by atoms with Crippen LogP contribution in [0.5, 0.6) is 0 Å². The van der Waals surface area contributed by atoms with Crippen LogP contribution >= 0.6 is 0 Å². The third kappa shape index (κ3) is 13.5. The summed E-state index contributed by atoms with van der Waals surface area (Å²) in [4.78, 5) is 64.3. The van der Waals surface area contributed by atoms with Crippen molar-refractivity contribution in [2.75, 3.05) is 6.61 Å². The van der Waals surface area contributed by atoms with Crippen molar-refractivity contribution in [1.29, 1.82) is 0 Å². The second-order valence-electron chi connectivity index (χ2n) is 14.7. The number of aliphatic hydroxyl groups excluding tert-OH is 3. The average Bonchev–Trinajstić information content (AvgIpc) is 3.20. The van der Waals surface area contributed by atoms with E-state index in [0.29, 0.717) is 37.7 Å².